The molecule has 3 aliphatic rings. The van der Waals surface area contributed by atoms with Crippen LogP contribution in [0.25, 0.3) is 0 Å². The number of carbonyl (C=O) groups is 1. The van der Waals surface area contributed by atoms with E-state index in [9.17, 15) is 4.79 Å². The van der Waals surface area contributed by atoms with Crippen molar-refractivity contribution in [3.63, 3.8) is 0 Å². The Hall–Kier alpha value is -5.80. The molecule has 2 saturated heterocycles. The highest BCUT2D eigenvalue weighted by Gasteiger charge is 2.26. The van der Waals surface area contributed by atoms with Crippen LogP contribution >= 0.6 is 0 Å². The molecule has 7 rings (SSSR count). The number of rotatable bonds is 8. The summed E-state index contributed by atoms with van der Waals surface area (Å²) in [5.41, 5.74) is 1.19. The van der Waals surface area contributed by atoms with Crippen LogP contribution in [0.4, 0.5) is 35.3 Å². The number of pyridine rings is 1. The summed E-state index contributed by atoms with van der Waals surface area (Å²) in [5, 5.41) is 20.2. The van der Waals surface area contributed by atoms with Crippen molar-refractivity contribution in [2.24, 2.45) is 0 Å². The maximum atomic E-state index is 9.80. The predicted octanol–water partition coefficient (Wildman–Crippen LogP) is 2.69. The lowest BCUT2D eigenvalue weighted by atomic mass is 10.3. The van der Waals surface area contributed by atoms with Crippen molar-refractivity contribution >= 4 is 41.7 Å². The van der Waals surface area contributed by atoms with E-state index in [-0.39, 0.29) is 0 Å². The summed E-state index contributed by atoms with van der Waals surface area (Å²) < 4.78 is 0. The minimum absolute atomic E-state index is 0.465. The molecule has 1 amide bonds. The number of nitrogens with zero attached hydrogens (tertiary/aromatic N) is 10. The van der Waals surface area contributed by atoms with Crippen molar-refractivity contribution in [3.05, 3.63) is 54.7 Å². The number of aromatic amines is 1. The number of amides is 1. The van der Waals surface area contributed by atoms with Crippen LogP contribution in [0.5, 0.6) is 0 Å². The molecule has 246 valence electrons. The lowest BCUT2D eigenvalue weighted by Gasteiger charge is -2.35. The molecular weight excluding hydrogens is 598 g/mol. The van der Waals surface area contributed by atoms with Crippen LogP contribution < -0.4 is 25.3 Å². The Kier molecular flexibility index (Phi) is 14.8. The van der Waals surface area contributed by atoms with Crippen molar-refractivity contribution in [2.75, 3.05) is 71.7 Å². The smallest absolute Gasteiger partial charge is 0.235 e. The summed E-state index contributed by atoms with van der Waals surface area (Å²) >= 11 is 0. The molecule has 1 saturated carbocycles. The van der Waals surface area contributed by atoms with Crippen molar-refractivity contribution < 1.29 is 9.90 Å². The van der Waals surface area contributed by atoms with E-state index in [1.807, 2.05) is 18.3 Å². The first-order valence-corrected chi connectivity index (χ1v) is 15.1. The maximum absolute atomic E-state index is 9.80. The van der Waals surface area contributed by atoms with Crippen LogP contribution in [-0.2, 0) is 4.79 Å². The SMILES string of the molecule is C#C.C#C.CO.O=CNc1cnccn1.c1ccc(N2CCN(c3nc(Nc4cc(C5CC5)[nH]n4)nc(N4CCCC4)n3)CC2)nc1. The Morgan fingerprint density at radius 2 is 1.49 bits per heavy atom. The van der Waals surface area contributed by atoms with Gasteiger partial charge >= 0.3 is 0 Å². The van der Waals surface area contributed by atoms with Crippen LogP contribution in [0.3, 0.4) is 0 Å². The van der Waals surface area contributed by atoms with E-state index in [4.69, 9.17) is 20.1 Å². The fourth-order valence-corrected chi connectivity index (χ4v) is 4.84. The molecule has 6 heterocycles. The van der Waals surface area contributed by atoms with Gasteiger partial charge in [0.2, 0.25) is 24.3 Å². The first-order chi connectivity index (χ1) is 23.2. The zero-order valence-electron chi connectivity index (χ0n) is 26.5. The summed E-state index contributed by atoms with van der Waals surface area (Å²) in [6.07, 6.45) is 27.7. The number of carbonyl (C=O) groups excluding carboxylic acids is 1. The molecule has 3 fully saturated rings. The van der Waals surface area contributed by atoms with Crippen LogP contribution in [0.15, 0.2) is 49.1 Å². The van der Waals surface area contributed by atoms with Gasteiger partial charge in [-0.1, -0.05) is 6.07 Å². The molecule has 0 bridgehead atoms. The number of piperazine rings is 1. The number of hydrogen-bond acceptors (Lipinski definition) is 13. The highest BCUT2D eigenvalue weighted by molar-refractivity contribution is 5.67. The standard InChI is InChI=1S/C22H28N10.C5H5N3O.2C2H2.CH4O/c1-2-8-23-19(5-1)30-11-13-32(14-12-30)22-26-20(25-21(27-22)31-9-3-4-10-31)24-18-15-17(28-29-18)16-6-7-16;9-4-8-5-3-6-1-2-7-5;3*1-2/h1-2,5,8,15-16H,3-4,6-7,9-14H2,(H2,24,25,26,27,28,29);1-4H,(H,7,8,9);2*1-2H;2H,1H3. The average Bonchev–Trinajstić information content (AvgIpc) is 3.64. The fraction of sp³-hybridized carbons (Fsp3) is 0.375. The first kappa shape index (κ1) is 35.7. The zero-order chi connectivity index (χ0) is 33.9. The zero-order valence-corrected chi connectivity index (χ0v) is 26.5. The second-order valence-corrected chi connectivity index (χ2v) is 10.1. The van der Waals surface area contributed by atoms with Gasteiger partial charge in [0.15, 0.2) is 11.6 Å². The average molecular weight is 640 g/mol. The van der Waals surface area contributed by atoms with E-state index in [2.05, 4.69) is 88.3 Å². The van der Waals surface area contributed by atoms with Gasteiger partial charge in [0.1, 0.15) is 5.82 Å². The monoisotopic (exact) mass is 639 g/mol. The number of anilines is 6. The number of H-pyrrole nitrogens is 1. The second kappa shape index (κ2) is 19.6. The predicted molar refractivity (Wildman–Crippen MR) is 183 cm³/mol. The summed E-state index contributed by atoms with van der Waals surface area (Å²) in [7, 11) is 1.00. The normalized spacial score (nSPS) is 14.7. The van der Waals surface area contributed by atoms with Crippen LogP contribution in [0.2, 0.25) is 0 Å². The molecule has 0 unspecified atom stereocenters. The highest BCUT2D eigenvalue weighted by Crippen LogP contribution is 2.39. The largest absolute Gasteiger partial charge is 0.400 e. The third-order valence-corrected chi connectivity index (χ3v) is 7.16. The summed E-state index contributed by atoms with van der Waals surface area (Å²) in [4.78, 5) is 42.9. The van der Waals surface area contributed by atoms with Gasteiger partial charge in [0, 0.05) is 82.6 Å². The van der Waals surface area contributed by atoms with E-state index in [1.54, 1.807) is 0 Å². The van der Waals surface area contributed by atoms with Gasteiger partial charge in [0.05, 0.1) is 6.20 Å². The lowest BCUT2D eigenvalue weighted by molar-refractivity contribution is -0.105. The second-order valence-electron chi connectivity index (χ2n) is 10.1. The van der Waals surface area contributed by atoms with E-state index in [0.717, 1.165) is 69.9 Å². The molecular formula is C32H41N13O2. The van der Waals surface area contributed by atoms with E-state index < -0.39 is 0 Å². The molecule has 4 aromatic rings. The van der Waals surface area contributed by atoms with Crippen molar-refractivity contribution in [1.82, 2.24) is 40.1 Å². The minimum atomic E-state index is 0.465. The van der Waals surface area contributed by atoms with E-state index >= 15 is 0 Å². The van der Waals surface area contributed by atoms with Gasteiger partial charge in [0.25, 0.3) is 0 Å². The molecule has 15 nitrogen and oxygen atoms in total. The third-order valence-electron chi connectivity index (χ3n) is 7.16. The molecule has 15 heteroatoms. The molecule has 1 aliphatic carbocycles. The number of aliphatic hydroxyl groups excluding tert-OH is 1. The molecule has 47 heavy (non-hydrogen) atoms. The van der Waals surface area contributed by atoms with Crippen molar-refractivity contribution in [3.8, 4) is 25.7 Å². The van der Waals surface area contributed by atoms with Crippen molar-refractivity contribution in [1.29, 1.82) is 0 Å². The van der Waals surface area contributed by atoms with Crippen molar-refractivity contribution in [2.45, 2.75) is 31.6 Å². The molecule has 2 aliphatic heterocycles. The molecule has 0 aromatic carbocycles. The van der Waals surface area contributed by atoms with Crippen LogP contribution in [0.1, 0.15) is 37.3 Å². The fourth-order valence-electron chi connectivity index (χ4n) is 4.84. The van der Waals surface area contributed by atoms with Crippen LogP contribution in [0, 0.1) is 25.7 Å². The summed E-state index contributed by atoms with van der Waals surface area (Å²) in [5.74, 6) is 4.90. The highest BCUT2D eigenvalue weighted by atomic mass is 16.2. The van der Waals surface area contributed by atoms with Gasteiger partial charge in [-0.25, -0.2) is 9.97 Å². The molecule has 0 spiro atoms. The Morgan fingerprint density at radius 1 is 0.830 bits per heavy atom. The molecule has 0 radical (unpaired) electrons. The Labute approximate surface area is 275 Å². The number of hydrogen-bond donors (Lipinski definition) is 4. The number of aromatic nitrogens is 8. The Morgan fingerprint density at radius 3 is 2.06 bits per heavy atom. The molecule has 4 N–H and O–H groups in total. The number of aliphatic hydroxyl groups is 1. The Bertz CT molecular complexity index is 1490. The quantitative estimate of drug-likeness (QED) is 0.164. The first-order valence-electron chi connectivity index (χ1n) is 15.1. The van der Waals surface area contributed by atoms with E-state index in [0.29, 0.717) is 24.1 Å². The minimum Gasteiger partial charge on any atom is -0.400 e. The van der Waals surface area contributed by atoms with Crippen LogP contribution in [-0.4, -0.2) is 98.0 Å². The number of nitrogens with one attached hydrogen (secondary N) is 3. The van der Waals surface area contributed by atoms with Gasteiger partial charge in [-0.05, 0) is 37.8 Å². The number of terminal acetylenes is 2. The Balaban J connectivity index is 0.000000339. The van der Waals surface area contributed by atoms with Gasteiger partial charge in [-0.2, -0.15) is 20.1 Å². The third kappa shape index (κ3) is 10.7. The lowest BCUT2D eigenvalue weighted by Crippen LogP contribution is -2.47. The molecule has 4 aromatic heterocycles. The van der Waals surface area contributed by atoms with Gasteiger partial charge in [-0.15, -0.1) is 25.7 Å². The van der Waals surface area contributed by atoms with E-state index in [1.165, 1.54) is 50.0 Å². The summed E-state index contributed by atoms with van der Waals surface area (Å²) in [6, 6.07) is 8.12. The maximum Gasteiger partial charge on any atom is 0.235 e. The topological polar surface area (TPSA) is 177 Å². The van der Waals surface area contributed by atoms with Gasteiger partial charge in [-0.3, -0.25) is 14.9 Å². The van der Waals surface area contributed by atoms with Gasteiger partial charge < -0.3 is 30.4 Å². The summed E-state index contributed by atoms with van der Waals surface area (Å²) in [6.45, 7) is 5.43. The molecule has 0 atom stereocenters.